The number of aromatic nitrogens is 8. The number of amides is 8. The number of urea groups is 1. The number of nitrogens with zero attached hydrogens (tertiary/aromatic N) is 9. The van der Waals surface area contributed by atoms with Crippen molar-refractivity contribution in [2.45, 2.75) is 128 Å². The Kier molecular flexibility index (Phi) is 22.1. The van der Waals surface area contributed by atoms with Gasteiger partial charge in [-0.15, -0.1) is 0 Å². The highest BCUT2D eigenvalue weighted by Crippen LogP contribution is 2.55. The molecule has 492 valence electrons. The normalized spacial score (nSPS) is 26.7. The first-order valence-corrected chi connectivity index (χ1v) is 33.8. The molecular formula is C52H66F2N16O17P2S2. The van der Waals surface area contributed by atoms with E-state index in [0.29, 0.717) is 11.3 Å². The number of carbonyl (C=O) groups excluding carboxylic acids is 8. The molecule has 91 heavy (non-hydrogen) atoms. The molecule has 5 aromatic rings. The van der Waals surface area contributed by atoms with E-state index in [9.17, 15) is 48.1 Å². The van der Waals surface area contributed by atoms with Crippen molar-refractivity contribution in [1.29, 1.82) is 0 Å². The van der Waals surface area contributed by atoms with Crippen molar-refractivity contribution >= 4 is 124 Å². The average molecular weight is 1350 g/mol. The van der Waals surface area contributed by atoms with Crippen LogP contribution in [-0.4, -0.2) is 177 Å². The summed E-state index contributed by atoms with van der Waals surface area (Å²) in [5.74, 6) is -4.55. The molecule has 0 bridgehead atoms. The number of fused-ring (bicyclic) bond motifs is 4. The molecule has 4 aliphatic heterocycles. The van der Waals surface area contributed by atoms with Gasteiger partial charge in [0.25, 0.3) is 0 Å². The van der Waals surface area contributed by atoms with Crippen LogP contribution in [0, 0.1) is 17.8 Å². The second-order valence-corrected chi connectivity index (χ2v) is 27.6. The number of nitrogens with two attached hydrogens (primary N) is 2. The minimum absolute atomic E-state index is 0.00960. The highest BCUT2D eigenvalue weighted by atomic mass is 32.5. The number of likely N-dealkylation sites (tertiary alicyclic amines) is 1. The Hall–Kier alpha value is -7.28. The zero-order valence-corrected chi connectivity index (χ0v) is 52.3. The molecule has 3 unspecified atom stereocenters. The SMILES string of the molecule is CC1CC(=O)N(CCC(=O)N[C@H](C(=O)C[C@@H](CCCNC(N)=O)C(=O)Nc2ccc(COC(=O)NCCCC(=O)Nc3ncnc4c3ncn4[C@@H]3O[C@@H]4COP(O)(=S)O[C@H]5[C@@H](F)[C@H](n6cnc7c(N)ncnc76)O[C@@H]5COP(O)(=S)O[C@H]4[C@H]3F)cc2)C(C)C)C1=O. The van der Waals surface area contributed by atoms with Gasteiger partial charge >= 0.3 is 25.6 Å². The number of primary amides is 1. The first-order valence-electron chi connectivity index (χ1n) is 28.6. The fourth-order valence-electron chi connectivity index (χ4n) is 10.4. The summed E-state index contributed by atoms with van der Waals surface area (Å²) in [4.78, 5) is 150. The lowest BCUT2D eigenvalue weighted by molar-refractivity contribution is -0.140. The molecule has 0 radical (unpaired) electrons. The zero-order valence-electron chi connectivity index (χ0n) is 48.9. The summed E-state index contributed by atoms with van der Waals surface area (Å²) in [5.41, 5.74) is 12.2. The number of anilines is 3. The van der Waals surface area contributed by atoms with Crippen molar-refractivity contribution in [3.05, 3.63) is 55.1 Å². The number of ketones is 1. The smallest absolute Gasteiger partial charge is 0.407 e. The maximum absolute atomic E-state index is 16.7. The van der Waals surface area contributed by atoms with E-state index in [0.717, 1.165) is 28.4 Å². The maximum atomic E-state index is 16.7. The molecule has 4 saturated heterocycles. The number of alkyl carbamates (subject to hydrolysis) is 1. The fourth-order valence-corrected chi connectivity index (χ4v) is 13.3. The Morgan fingerprint density at radius 3 is 1.98 bits per heavy atom. The van der Waals surface area contributed by atoms with Crippen LogP contribution in [0.2, 0.25) is 0 Å². The number of rotatable bonds is 23. The lowest BCUT2D eigenvalue weighted by Crippen LogP contribution is -2.46. The fraction of sp³-hybridized carbons (Fsp3) is 0.538. The van der Waals surface area contributed by atoms with Gasteiger partial charge in [0.15, 0.2) is 59.0 Å². The molecule has 13 atom stereocenters. The molecule has 1 aromatic carbocycles. The summed E-state index contributed by atoms with van der Waals surface area (Å²) in [7, 11) is 0. The quantitative estimate of drug-likeness (QED) is 0.0258. The third kappa shape index (κ3) is 16.9. The zero-order chi connectivity index (χ0) is 65.5. The summed E-state index contributed by atoms with van der Waals surface area (Å²) in [6.07, 6.45) is -9.78. The van der Waals surface area contributed by atoms with Crippen molar-refractivity contribution in [2.75, 3.05) is 49.2 Å². The lowest BCUT2D eigenvalue weighted by atomic mass is 9.89. The first kappa shape index (κ1) is 68.1. The molecule has 4 aliphatic rings. The minimum Gasteiger partial charge on any atom is -0.445 e. The number of imidazole rings is 2. The highest BCUT2D eigenvalue weighted by Gasteiger charge is 2.54. The van der Waals surface area contributed by atoms with E-state index in [1.165, 1.54) is 10.9 Å². The topological polar surface area (TPSA) is 444 Å². The number of halogens is 2. The van der Waals surface area contributed by atoms with E-state index < -0.39 is 129 Å². The van der Waals surface area contributed by atoms with Crippen molar-refractivity contribution < 1.29 is 89.2 Å². The number of hydrogen-bond donors (Lipinski definition) is 9. The minimum atomic E-state index is -4.42. The monoisotopic (exact) mass is 1350 g/mol. The Morgan fingerprint density at radius 2 is 1.38 bits per heavy atom. The van der Waals surface area contributed by atoms with Crippen LogP contribution in [0.3, 0.4) is 0 Å². The van der Waals surface area contributed by atoms with Crippen LogP contribution in [0.4, 0.5) is 35.7 Å². The number of hydrogen-bond acceptors (Lipinski definition) is 24. The third-order valence-corrected chi connectivity index (χ3v) is 18.2. The van der Waals surface area contributed by atoms with Gasteiger partial charge in [-0.1, -0.05) is 32.9 Å². The molecule has 0 saturated carbocycles. The van der Waals surface area contributed by atoms with Crippen molar-refractivity contribution in [2.24, 2.45) is 23.5 Å². The van der Waals surface area contributed by atoms with Gasteiger partial charge in [0.1, 0.15) is 49.2 Å². The van der Waals surface area contributed by atoms with Gasteiger partial charge in [-0.3, -0.25) is 51.8 Å². The molecule has 4 fully saturated rings. The molecular weight excluding hydrogens is 1280 g/mol. The van der Waals surface area contributed by atoms with Crippen LogP contribution in [0.5, 0.6) is 0 Å². The van der Waals surface area contributed by atoms with Gasteiger partial charge in [0.05, 0.1) is 31.9 Å². The molecule has 11 N–H and O–H groups in total. The van der Waals surface area contributed by atoms with E-state index in [2.05, 4.69) is 56.5 Å². The first-order chi connectivity index (χ1) is 43.3. The number of ether oxygens (including phenoxy) is 3. The number of nitrogen functional groups attached to an aromatic ring is 1. The number of Topliss-reactive ketones (excluding diaryl/α,β-unsaturated/α-hetero) is 1. The standard InChI is InChI=1S/C52H66F2N16O17P2S2/c1-25(2)38(66-34(73)12-15-68-35(74)16-26(3)48(68)76)30(71)17-28(6-4-13-57-51(56)77)47(75)65-29-10-8-27(9-11-29)18-81-52(78)58-14-5-7-33(72)67-44-40-46(62-22-60-44)70(24-64-40)50-37(54)42-32(85-50)20-83-88(79,90)86-41-31(19-82-89(80,91)87-42)84-49(36(41)53)69-23-63-39-43(55)59-21-61-45(39)69/h8-11,21-26,28,31-32,36-38,41-42,49-50H,4-7,12-20H2,1-3H3,(H,58,78)(H,65,75)(H,66,73)(H,79,90)(H,80,91)(H2,55,59,61)(H3,56,57,77)(H,60,62,67,72)/t26?,28-,31-,32-,36-,37-,38+,41-,42-,49-,50-,88?,89?/m1/s1. The highest BCUT2D eigenvalue weighted by molar-refractivity contribution is 8.07. The number of carbonyl (C=O) groups is 8. The van der Waals surface area contributed by atoms with E-state index >= 15 is 8.78 Å². The predicted octanol–water partition coefficient (Wildman–Crippen LogP) is 2.50. The molecule has 0 spiro atoms. The summed E-state index contributed by atoms with van der Waals surface area (Å²) in [6, 6.07) is 4.58. The average Bonchev–Trinajstić information content (AvgIpc) is 1.63. The van der Waals surface area contributed by atoms with E-state index in [4.69, 9.17) is 67.4 Å². The van der Waals surface area contributed by atoms with Crippen LogP contribution in [0.25, 0.3) is 22.3 Å². The third-order valence-electron chi connectivity index (χ3n) is 15.0. The number of benzene rings is 1. The van der Waals surface area contributed by atoms with E-state index in [1.54, 1.807) is 45.0 Å². The Labute approximate surface area is 526 Å². The van der Waals surface area contributed by atoms with Crippen LogP contribution >= 0.6 is 13.4 Å². The largest absolute Gasteiger partial charge is 0.445 e. The molecule has 8 amide bonds. The van der Waals surface area contributed by atoms with Crippen molar-refractivity contribution in [3.8, 4) is 0 Å². The number of alkyl halides is 2. The van der Waals surface area contributed by atoms with Crippen LogP contribution in [-0.2, 0) is 91.3 Å². The van der Waals surface area contributed by atoms with Crippen molar-refractivity contribution in [1.82, 2.24) is 59.9 Å². The van der Waals surface area contributed by atoms with Gasteiger partial charge < -0.3 is 71.1 Å². The second-order valence-electron chi connectivity index (χ2n) is 22.0. The molecule has 9 rings (SSSR count). The van der Waals surface area contributed by atoms with Crippen molar-refractivity contribution in [3.63, 3.8) is 0 Å². The van der Waals surface area contributed by atoms with Gasteiger partial charge in [0, 0.05) is 62.8 Å². The molecule has 0 aliphatic carbocycles. The van der Waals surface area contributed by atoms with E-state index in [-0.39, 0.29) is 123 Å². The van der Waals surface area contributed by atoms with Gasteiger partial charge in [0.2, 0.25) is 29.5 Å². The predicted molar refractivity (Wildman–Crippen MR) is 320 cm³/mol. The van der Waals surface area contributed by atoms with Gasteiger partial charge in [-0.2, -0.15) is 0 Å². The Bertz CT molecular complexity index is 3650. The maximum Gasteiger partial charge on any atom is 0.407 e. The van der Waals surface area contributed by atoms with Gasteiger partial charge in [-0.05, 0) is 66.5 Å². The van der Waals surface area contributed by atoms with Crippen LogP contribution in [0.1, 0.15) is 83.7 Å². The molecule has 8 heterocycles. The molecule has 39 heteroatoms. The summed E-state index contributed by atoms with van der Waals surface area (Å²) in [6.45, 7) is -5.30. The Balaban J connectivity index is 0.727. The second kappa shape index (κ2) is 29.6. The summed E-state index contributed by atoms with van der Waals surface area (Å²) >= 11 is 10.5. The molecule has 33 nitrogen and oxygen atoms in total. The van der Waals surface area contributed by atoms with Gasteiger partial charge in [-0.25, -0.2) is 48.3 Å². The Morgan fingerprint density at radius 1 is 0.791 bits per heavy atom. The summed E-state index contributed by atoms with van der Waals surface area (Å²) < 4.78 is 75.1. The number of nitrogens with one attached hydrogen (secondary N) is 5. The molecule has 4 aromatic heterocycles. The van der Waals surface area contributed by atoms with Crippen LogP contribution < -0.4 is 38.1 Å². The number of imide groups is 1. The van der Waals surface area contributed by atoms with E-state index in [1.807, 2.05) is 0 Å². The van der Waals surface area contributed by atoms with Crippen LogP contribution in [0.15, 0.2) is 49.6 Å². The lowest BCUT2D eigenvalue weighted by Gasteiger charge is -2.29. The summed E-state index contributed by atoms with van der Waals surface area (Å²) in [5, 5.41) is 13.1.